The highest BCUT2D eigenvalue weighted by Gasteiger charge is 2.35. The number of methoxy groups -OCH3 is 1. The Balaban J connectivity index is 1.68. The lowest BCUT2D eigenvalue weighted by atomic mass is 9.95. The number of benzene rings is 2. The van der Waals surface area contributed by atoms with Crippen LogP contribution in [0.4, 0.5) is 5.95 Å². The predicted octanol–water partition coefficient (Wildman–Crippen LogP) is 7.04. The molecule has 1 aliphatic heterocycles. The minimum Gasteiger partial charge on any atom is -0.493 e. The number of ether oxygens (including phenoxy) is 3. The van der Waals surface area contributed by atoms with E-state index >= 15 is 0 Å². The van der Waals surface area contributed by atoms with Crippen molar-refractivity contribution in [2.75, 3.05) is 24.8 Å². The highest BCUT2D eigenvalue weighted by molar-refractivity contribution is 7.99. The van der Waals surface area contributed by atoms with Gasteiger partial charge < -0.3 is 19.5 Å². The number of rotatable bonds is 13. The van der Waals surface area contributed by atoms with Crippen LogP contribution in [0, 0.1) is 0 Å². The molecule has 10 heteroatoms. The lowest BCUT2D eigenvalue weighted by Crippen LogP contribution is -2.29. The third kappa shape index (κ3) is 6.89. The first kappa shape index (κ1) is 28.8. The maximum atomic E-state index is 13.4. The van der Waals surface area contributed by atoms with E-state index in [1.165, 1.54) is 0 Å². The van der Waals surface area contributed by atoms with Crippen molar-refractivity contribution in [3.63, 3.8) is 0 Å². The summed E-state index contributed by atoms with van der Waals surface area (Å²) in [4.78, 5) is 18.1. The molecule has 1 atom stereocenters. The van der Waals surface area contributed by atoms with Crippen molar-refractivity contribution in [3.05, 3.63) is 69.9 Å². The van der Waals surface area contributed by atoms with Gasteiger partial charge in [0.05, 0.1) is 19.3 Å². The molecule has 3 aromatic rings. The Morgan fingerprint density at radius 2 is 1.92 bits per heavy atom. The van der Waals surface area contributed by atoms with E-state index in [-0.39, 0.29) is 5.97 Å². The number of hydrogen-bond donors (Lipinski definition) is 1. The predicted molar refractivity (Wildman–Crippen MR) is 155 cm³/mol. The monoisotopic (exact) mass is 570 g/mol. The molecule has 0 fully saturated rings. The van der Waals surface area contributed by atoms with Gasteiger partial charge in [0, 0.05) is 22.0 Å². The fourth-order valence-corrected chi connectivity index (χ4v) is 5.31. The number of hydrogen-bond acceptors (Lipinski definition) is 8. The normalized spacial score (nSPS) is 14.5. The molecule has 2 aromatic carbocycles. The Morgan fingerprint density at radius 3 is 2.67 bits per heavy atom. The van der Waals surface area contributed by atoms with Crippen molar-refractivity contribution in [3.8, 4) is 11.5 Å². The maximum absolute atomic E-state index is 13.4. The number of halogens is 1. The number of carbonyl (C=O) groups is 1. The van der Waals surface area contributed by atoms with Gasteiger partial charge in [-0.25, -0.2) is 9.48 Å². The number of thioether (sulfide) groups is 1. The van der Waals surface area contributed by atoms with Gasteiger partial charge in [0.15, 0.2) is 11.5 Å². The van der Waals surface area contributed by atoms with Crippen molar-refractivity contribution in [1.29, 1.82) is 0 Å². The lowest BCUT2D eigenvalue weighted by molar-refractivity contribution is -0.139. The molecule has 0 spiro atoms. The van der Waals surface area contributed by atoms with Gasteiger partial charge in [0.1, 0.15) is 12.6 Å². The number of unbranched alkanes of at least 4 members (excludes halogenated alkanes) is 2. The highest BCUT2D eigenvalue weighted by Crippen LogP contribution is 2.40. The molecular weight excluding hydrogens is 536 g/mol. The van der Waals surface area contributed by atoms with Gasteiger partial charge in [-0.15, -0.1) is 5.10 Å². The second-order valence-electron chi connectivity index (χ2n) is 9.21. The standard InChI is InChI=1S/C29H35ClN4O4S/c1-5-7-15-37-27(35)25-19(3)31-28-32-29(39-16-8-6-2)33-34(28)26(25)20-13-14-23(24(17-20)36-4)38-18-21-11-9-10-12-22(21)30/h9-14,17,26H,5-8,15-16,18H2,1-4H3,(H,31,32,33). The number of carbonyl (C=O) groups excluding carboxylic acids is 1. The molecule has 4 rings (SSSR count). The molecule has 0 amide bonds. The summed E-state index contributed by atoms with van der Waals surface area (Å²) in [5, 5.41) is 9.35. The van der Waals surface area contributed by atoms with Gasteiger partial charge in [-0.2, -0.15) is 4.98 Å². The summed E-state index contributed by atoms with van der Waals surface area (Å²) in [5.74, 6) is 2.23. The SMILES string of the molecule is CCCCOC(=O)C1=C(C)Nc2nc(SCCCC)nn2C1c1ccc(OCc2ccccc2Cl)c(OC)c1. The van der Waals surface area contributed by atoms with Gasteiger partial charge in [-0.1, -0.05) is 74.3 Å². The second kappa shape index (κ2) is 13.8. The third-order valence-electron chi connectivity index (χ3n) is 6.36. The van der Waals surface area contributed by atoms with E-state index in [2.05, 4.69) is 19.2 Å². The first-order chi connectivity index (χ1) is 19.0. The van der Waals surface area contributed by atoms with Gasteiger partial charge in [0.2, 0.25) is 11.1 Å². The first-order valence-corrected chi connectivity index (χ1v) is 14.6. The Labute approximate surface area is 239 Å². The van der Waals surface area contributed by atoms with Crippen LogP contribution in [0.5, 0.6) is 11.5 Å². The van der Waals surface area contributed by atoms with Gasteiger partial charge in [-0.05, 0) is 43.5 Å². The fraction of sp³-hybridized carbons (Fsp3) is 0.414. The minimum absolute atomic E-state index is 0.294. The molecule has 0 saturated carbocycles. The molecule has 1 aliphatic rings. The zero-order chi connectivity index (χ0) is 27.8. The van der Waals surface area contributed by atoms with Crippen LogP contribution in [0.2, 0.25) is 5.02 Å². The Hall–Kier alpha value is -3.17. The molecule has 1 N–H and O–H groups in total. The summed E-state index contributed by atoms with van der Waals surface area (Å²) in [6.07, 6.45) is 3.91. The van der Waals surface area contributed by atoms with Crippen LogP contribution in [0.3, 0.4) is 0 Å². The van der Waals surface area contributed by atoms with Crippen molar-refractivity contribution >= 4 is 35.3 Å². The summed E-state index contributed by atoms with van der Waals surface area (Å²) in [6.45, 7) is 6.73. The van der Waals surface area contributed by atoms with Gasteiger partial charge >= 0.3 is 5.97 Å². The molecule has 208 valence electrons. The Bertz CT molecular complexity index is 1330. The number of fused-ring (bicyclic) bond motifs is 1. The molecule has 0 aliphatic carbocycles. The molecule has 1 unspecified atom stereocenters. The van der Waals surface area contributed by atoms with Crippen molar-refractivity contribution in [1.82, 2.24) is 14.8 Å². The van der Waals surface area contributed by atoms with Crippen LogP contribution in [0.15, 0.2) is 58.9 Å². The number of nitrogens with zero attached hydrogens (tertiary/aromatic N) is 3. The zero-order valence-corrected chi connectivity index (χ0v) is 24.4. The van der Waals surface area contributed by atoms with E-state index in [0.29, 0.717) is 52.1 Å². The van der Waals surface area contributed by atoms with Crippen molar-refractivity contribution in [2.45, 2.75) is 64.3 Å². The van der Waals surface area contributed by atoms with Crippen LogP contribution in [0.25, 0.3) is 0 Å². The molecule has 0 bridgehead atoms. The van der Waals surface area contributed by atoms with Crippen LogP contribution >= 0.6 is 23.4 Å². The van der Waals surface area contributed by atoms with E-state index in [1.807, 2.05) is 49.4 Å². The first-order valence-electron chi connectivity index (χ1n) is 13.2. The summed E-state index contributed by atoms with van der Waals surface area (Å²) in [5.41, 5.74) is 2.85. The van der Waals surface area contributed by atoms with E-state index in [4.69, 9.17) is 35.9 Å². The van der Waals surface area contributed by atoms with Crippen molar-refractivity contribution < 1.29 is 19.0 Å². The zero-order valence-electron chi connectivity index (χ0n) is 22.8. The van der Waals surface area contributed by atoms with E-state index in [0.717, 1.165) is 42.6 Å². The minimum atomic E-state index is -0.546. The maximum Gasteiger partial charge on any atom is 0.338 e. The Kier molecular flexibility index (Phi) is 10.2. The highest BCUT2D eigenvalue weighted by atomic mass is 35.5. The van der Waals surface area contributed by atoms with Crippen molar-refractivity contribution in [2.24, 2.45) is 0 Å². The lowest BCUT2D eigenvalue weighted by Gasteiger charge is -2.28. The molecular formula is C29H35ClN4O4S. The molecule has 8 nitrogen and oxygen atoms in total. The number of esters is 1. The average molecular weight is 571 g/mol. The molecule has 0 radical (unpaired) electrons. The quantitative estimate of drug-likeness (QED) is 0.133. The molecule has 0 saturated heterocycles. The van der Waals surface area contributed by atoms with Crippen LogP contribution in [0.1, 0.15) is 63.6 Å². The van der Waals surface area contributed by atoms with Gasteiger partial charge in [0.25, 0.3) is 0 Å². The number of aromatic nitrogens is 3. The second-order valence-corrected chi connectivity index (χ2v) is 10.7. The summed E-state index contributed by atoms with van der Waals surface area (Å²) in [6, 6.07) is 12.6. The van der Waals surface area contributed by atoms with Crippen LogP contribution in [-0.2, 0) is 16.1 Å². The summed E-state index contributed by atoms with van der Waals surface area (Å²) in [7, 11) is 1.59. The molecule has 1 aromatic heterocycles. The topological polar surface area (TPSA) is 87.5 Å². The van der Waals surface area contributed by atoms with Crippen LogP contribution < -0.4 is 14.8 Å². The average Bonchev–Trinajstić information content (AvgIpc) is 3.34. The largest absolute Gasteiger partial charge is 0.493 e. The van der Waals surface area contributed by atoms with E-state index in [1.54, 1.807) is 23.6 Å². The summed E-state index contributed by atoms with van der Waals surface area (Å²) < 4.78 is 19.2. The number of anilines is 1. The smallest absolute Gasteiger partial charge is 0.338 e. The third-order valence-corrected chi connectivity index (χ3v) is 7.65. The van der Waals surface area contributed by atoms with Crippen LogP contribution in [-0.4, -0.2) is 40.2 Å². The molecule has 39 heavy (non-hydrogen) atoms. The molecule has 2 heterocycles. The Morgan fingerprint density at radius 1 is 1.13 bits per heavy atom. The van der Waals surface area contributed by atoms with Gasteiger partial charge in [-0.3, -0.25) is 0 Å². The summed E-state index contributed by atoms with van der Waals surface area (Å²) >= 11 is 7.91. The van der Waals surface area contributed by atoms with E-state index < -0.39 is 6.04 Å². The number of allylic oxidation sites excluding steroid dienone is 1. The fourth-order valence-electron chi connectivity index (χ4n) is 4.20. The van der Waals surface area contributed by atoms with E-state index in [9.17, 15) is 4.79 Å². The number of nitrogens with one attached hydrogen (secondary N) is 1.